The van der Waals surface area contributed by atoms with Crippen molar-refractivity contribution >= 4 is 28.8 Å². The molecule has 1 unspecified atom stereocenters. The van der Waals surface area contributed by atoms with Gasteiger partial charge < -0.3 is 23.9 Å². The third-order valence-corrected chi connectivity index (χ3v) is 4.88. The fourth-order valence-electron chi connectivity index (χ4n) is 2.89. The highest BCUT2D eigenvalue weighted by Crippen LogP contribution is 2.36. The van der Waals surface area contributed by atoms with E-state index in [0.717, 1.165) is 11.4 Å². The van der Waals surface area contributed by atoms with Gasteiger partial charge in [0, 0.05) is 24.0 Å². The number of fused-ring (bicyclic) bond motifs is 1. The van der Waals surface area contributed by atoms with Crippen LogP contribution in [0, 0.1) is 13.8 Å². The summed E-state index contributed by atoms with van der Waals surface area (Å²) < 4.78 is 12.6. The van der Waals surface area contributed by atoms with Gasteiger partial charge in [0.1, 0.15) is 24.2 Å². The number of halogens is 2. The predicted molar refractivity (Wildman–Crippen MR) is 110 cm³/mol. The van der Waals surface area contributed by atoms with Crippen LogP contribution in [0.4, 0.5) is 0 Å². The van der Waals surface area contributed by atoms with Crippen LogP contribution < -0.4 is 4.74 Å². The highest BCUT2D eigenvalue weighted by atomic mass is 35.5. The van der Waals surface area contributed by atoms with Crippen molar-refractivity contribution in [3.63, 3.8) is 0 Å². The lowest BCUT2D eigenvalue weighted by molar-refractivity contribution is 0.0536. The Morgan fingerprint density at radius 2 is 1.93 bits per heavy atom. The molecule has 0 bridgehead atoms. The molecule has 0 amide bonds. The Hall–Kier alpha value is -2.72. The fraction of sp³-hybridized carbons (Fsp3) is 0.263. The van der Waals surface area contributed by atoms with Crippen molar-refractivity contribution < 1.29 is 19.5 Å². The minimum atomic E-state index is -1.02. The molecule has 3 aromatic heterocycles. The van der Waals surface area contributed by atoms with Gasteiger partial charge in [0.25, 0.3) is 5.89 Å². The SMILES string of the molecule is Cc1cn2cc(-c3nc(-c4cc(Cl)c(OCC(O)CO)cc4Cl)no3)nc2c(C)n1. The first-order chi connectivity index (χ1) is 14.4. The molecule has 156 valence electrons. The van der Waals surface area contributed by atoms with E-state index in [2.05, 4.69) is 20.1 Å². The summed E-state index contributed by atoms with van der Waals surface area (Å²) in [5.74, 6) is 0.728. The van der Waals surface area contributed by atoms with Crippen LogP contribution in [0.25, 0.3) is 28.6 Å². The van der Waals surface area contributed by atoms with Crippen molar-refractivity contribution in [2.45, 2.75) is 20.0 Å². The Balaban J connectivity index is 1.64. The molecule has 0 aliphatic heterocycles. The number of aliphatic hydroxyl groups excluding tert-OH is 2. The van der Waals surface area contributed by atoms with Crippen molar-refractivity contribution in [1.29, 1.82) is 0 Å². The smallest absolute Gasteiger partial charge is 0.278 e. The van der Waals surface area contributed by atoms with E-state index in [9.17, 15) is 5.11 Å². The lowest BCUT2D eigenvalue weighted by atomic mass is 10.2. The molecule has 0 spiro atoms. The molecule has 1 atom stereocenters. The van der Waals surface area contributed by atoms with Gasteiger partial charge in [-0.25, -0.2) is 4.98 Å². The Labute approximate surface area is 180 Å². The molecule has 4 rings (SSSR count). The molecule has 4 aromatic rings. The van der Waals surface area contributed by atoms with Crippen molar-refractivity contribution in [2.24, 2.45) is 0 Å². The van der Waals surface area contributed by atoms with E-state index >= 15 is 0 Å². The zero-order chi connectivity index (χ0) is 21.4. The van der Waals surface area contributed by atoms with Crippen LogP contribution in [0.5, 0.6) is 5.75 Å². The van der Waals surface area contributed by atoms with E-state index in [-0.39, 0.29) is 34.1 Å². The molecule has 0 radical (unpaired) electrons. The number of aliphatic hydroxyl groups is 2. The molecule has 2 N–H and O–H groups in total. The Morgan fingerprint density at radius 3 is 2.70 bits per heavy atom. The second kappa shape index (κ2) is 8.19. The van der Waals surface area contributed by atoms with Crippen molar-refractivity contribution in [1.82, 2.24) is 24.5 Å². The van der Waals surface area contributed by atoms with Gasteiger partial charge in [0.2, 0.25) is 5.82 Å². The molecule has 0 saturated heterocycles. The molecule has 0 aliphatic carbocycles. The molecule has 1 aromatic carbocycles. The van der Waals surface area contributed by atoms with Crippen LogP contribution in [-0.2, 0) is 0 Å². The van der Waals surface area contributed by atoms with Crippen molar-refractivity contribution in [3.05, 3.63) is 46.0 Å². The molecular weight excluding hydrogens is 433 g/mol. The largest absolute Gasteiger partial charge is 0.489 e. The van der Waals surface area contributed by atoms with E-state index in [4.69, 9.17) is 37.6 Å². The number of rotatable bonds is 6. The van der Waals surface area contributed by atoms with Gasteiger partial charge in [-0.1, -0.05) is 28.4 Å². The molecule has 9 nitrogen and oxygen atoms in total. The number of aromatic nitrogens is 5. The van der Waals surface area contributed by atoms with Crippen LogP contribution in [0.1, 0.15) is 11.4 Å². The second-order valence-corrected chi connectivity index (χ2v) is 7.47. The van der Waals surface area contributed by atoms with Crippen molar-refractivity contribution in [2.75, 3.05) is 13.2 Å². The van der Waals surface area contributed by atoms with Crippen LogP contribution in [0.2, 0.25) is 10.0 Å². The topological polar surface area (TPSA) is 119 Å². The van der Waals surface area contributed by atoms with E-state index < -0.39 is 12.7 Å². The number of aryl methyl sites for hydroxylation is 2. The summed E-state index contributed by atoms with van der Waals surface area (Å²) in [5, 5.41) is 22.8. The van der Waals surface area contributed by atoms with Gasteiger partial charge >= 0.3 is 0 Å². The third kappa shape index (κ3) is 3.97. The van der Waals surface area contributed by atoms with Crippen LogP contribution >= 0.6 is 23.2 Å². The minimum Gasteiger partial charge on any atom is -0.489 e. The number of imidazole rings is 1. The maximum atomic E-state index is 9.41. The maximum Gasteiger partial charge on any atom is 0.278 e. The summed E-state index contributed by atoms with van der Waals surface area (Å²) >= 11 is 12.6. The molecule has 0 aliphatic rings. The molecule has 11 heteroatoms. The Morgan fingerprint density at radius 1 is 1.13 bits per heavy atom. The second-order valence-electron chi connectivity index (χ2n) is 6.66. The van der Waals surface area contributed by atoms with Gasteiger partial charge in [-0.05, 0) is 19.9 Å². The summed E-state index contributed by atoms with van der Waals surface area (Å²) in [5.41, 5.74) is 3.31. The first kappa shape index (κ1) is 20.5. The zero-order valence-corrected chi connectivity index (χ0v) is 17.5. The van der Waals surface area contributed by atoms with Gasteiger partial charge in [-0.2, -0.15) is 4.98 Å². The van der Waals surface area contributed by atoms with Crippen LogP contribution in [0.3, 0.4) is 0 Å². The summed E-state index contributed by atoms with van der Waals surface area (Å²) in [7, 11) is 0. The maximum absolute atomic E-state index is 9.41. The highest BCUT2D eigenvalue weighted by Gasteiger charge is 2.19. The molecule has 30 heavy (non-hydrogen) atoms. The monoisotopic (exact) mass is 449 g/mol. The highest BCUT2D eigenvalue weighted by molar-refractivity contribution is 6.36. The lowest BCUT2D eigenvalue weighted by Crippen LogP contribution is -2.21. The summed E-state index contributed by atoms with van der Waals surface area (Å²) in [6, 6.07) is 3.03. The Bertz CT molecular complexity index is 1220. The van der Waals surface area contributed by atoms with Gasteiger partial charge in [0.15, 0.2) is 5.65 Å². The molecule has 3 heterocycles. The summed E-state index contributed by atoms with van der Waals surface area (Å²) in [6.07, 6.45) is 2.62. The van der Waals surface area contributed by atoms with Crippen molar-refractivity contribution in [3.8, 4) is 28.7 Å². The predicted octanol–water partition coefficient (Wildman–Crippen LogP) is 3.10. The van der Waals surface area contributed by atoms with Gasteiger partial charge in [-0.15, -0.1) is 0 Å². The number of ether oxygens (including phenoxy) is 1. The molecular formula is C19H17Cl2N5O4. The normalized spacial score (nSPS) is 12.5. The number of hydrogen-bond donors (Lipinski definition) is 2. The van der Waals surface area contributed by atoms with E-state index in [1.165, 1.54) is 6.07 Å². The number of hydrogen-bond acceptors (Lipinski definition) is 8. The Kier molecular flexibility index (Phi) is 5.61. The third-order valence-electron chi connectivity index (χ3n) is 4.28. The number of nitrogens with zero attached hydrogens (tertiary/aromatic N) is 5. The van der Waals surface area contributed by atoms with E-state index in [1.54, 1.807) is 12.3 Å². The fourth-order valence-corrected chi connectivity index (χ4v) is 3.35. The quantitative estimate of drug-likeness (QED) is 0.460. The first-order valence-corrected chi connectivity index (χ1v) is 9.69. The van der Waals surface area contributed by atoms with Crippen LogP contribution in [-0.4, -0.2) is 54.0 Å². The molecule has 0 fully saturated rings. The summed E-state index contributed by atoms with van der Waals surface area (Å²) in [4.78, 5) is 13.3. The standard InChI is InChI=1S/C19H17Cl2N5O4/c1-9-5-26-6-15(23-18(26)10(2)22-9)19-24-17(25-30-19)12-3-14(21)16(4-13(12)20)29-8-11(28)7-27/h3-6,11,27-28H,7-8H2,1-2H3. The van der Waals surface area contributed by atoms with Gasteiger partial charge in [-0.3, -0.25) is 4.98 Å². The zero-order valence-electron chi connectivity index (χ0n) is 16.0. The van der Waals surface area contributed by atoms with Crippen LogP contribution in [0.15, 0.2) is 29.0 Å². The first-order valence-electron chi connectivity index (χ1n) is 8.94. The minimum absolute atomic E-state index is 0.125. The lowest BCUT2D eigenvalue weighted by Gasteiger charge is -2.12. The van der Waals surface area contributed by atoms with E-state index in [0.29, 0.717) is 16.9 Å². The summed E-state index contributed by atoms with van der Waals surface area (Å²) in [6.45, 7) is 3.23. The number of benzene rings is 1. The average molecular weight is 450 g/mol. The average Bonchev–Trinajstić information content (AvgIpc) is 3.35. The van der Waals surface area contributed by atoms with Gasteiger partial charge in [0.05, 0.1) is 28.0 Å². The van der Waals surface area contributed by atoms with E-state index in [1.807, 2.05) is 24.4 Å². The molecule has 0 saturated carbocycles.